The zero-order valence-electron chi connectivity index (χ0n) is 7.42. The molecule has 1 heterocycles. The molecule has 1 fully saturated rings. The van der Waals surface area contributed by atoms with E-state index in [2.05, 4.69) is 52.4 Å². The van der Waals surface area contributed by atoms with Gasteiger partial charge in [-0.3, -0.25) is 4.68 Å². The summed E-state index contributed by atoms with van der Waals surface area (Å²) in [5.74, 6) is 0.841. The summed E-state index contributed by atoms with van der Waals surface area (Å²) in [6, 6.07) is 0. The van der Waals surface area contributed by atoms with E-state index in [0.29, 0.717) is 5.41 Å². The van der Waals surface area contributed by atoms with Crippen LogP contribution in [-0.4, -0.2) is 9.78 Å². The molecule has 0 spiro atoms. The van der Waals surface area contributed by atoms with Crippen LogP contribution < -0.4 is 0 Å². The van der Waals surface area contributed by atoms with Crippen LogP contribution in [0, 0.1) is 14.9 Å². The number of hydrogen-bond donors (Lipinski definition) is 0. The molecule has 0 aromatic carbocycles. The fraction of sp³-hybridized carbons (Fsp3) is 0.667. The highest BCUT2D eigenvalue weighted by molar-refractivity contribution is 14.1. The van der Waals surface area contributed by atoms with E-state index in [9.17, 15) is 0 Å². The van der Waals surface area contributed by atoms with Crippen LogP contribution in [0.3, 0.4) is 0 Å². The van der Waals surface area contributed by atoms with Crippen LogP contribution in [0.2, 0.25) is 0 Å². The first kappa shape index (κ1) is 8.53. The van der Waals surface area contributed by atoms with Gasteiger partial charge in [0.25, 0.3) is 0 Å². The SMILES string of the molecule is CC1(C)CC1Cn1cc(I)cn1. The maximum absolute atomic E-state index is 4.27. The molecule has 1 saturated carbocycles. The molecule has 1 atom stereocenters. The summed E-state index contributed by atoms with van der Waals surface area (Å²) < 4.78 is 3.28. The Kier molecular flexibility index (Phi) is 1.93. The van der Waals surface area contributed by atoms with Crippen molar-refractivity contribution in [1.82, 2.24) is 9.78 Å². The monoisotopic (exact) mass is 276 g/mol. The van der Waals surface area contributed by atoms with Crippen molar-refractivity contribution >= 4 is 22.6 Å². The van der Waals surface area contributed by atoms with E-state index in [1.54, 1.807) is 0 Å². The Bertz CT molecular complexity index is 290. The number of hydrogen-bond acceptors (Lipinski definition) is 1. The largest absolute Gasteiger partial charge is 0.271 e. The normalized spacial score (nSPS) is 25.8. The van der Waals surface area contributed by atoms with Crippen molar-refractivity contribution in [1.29, 1.82) is 0 Å². The van der Waals surface area contributed by atoms with Gasteiger partial charge in [0.05, 0.1) is 9.77 Å². The average Bonchev–Trinajstić information content (AvgIpc) is 2.41. The van der Waals surface area contributed by atoms with Gasteiger partial charge in [-0.15, -0.1) is 0 Å². The Morgan fingerprint density at radius 2 is 2.42 bits per heavy atom. The Balaban J connectivity index is 1.97. The number of rotatable bonds is 2. The lowest BCUT2D eigenvalue weighted by molar-refractivity contribution is 0.472. The minimum Gasteiger partial charge on any atom is -0.271 e. The lowest BCUT2D eigenvalue weighted by Crippen LogP contribution is -2.03. The number of halogens is 1. The topological polar surface area (TPSA) is 17.8 Å². The third-order valence-corrected chi connectivity index (χ3v) is 3.28. The van der Waals surface area contributed by atoms with E-state index in [0.717, 1.165) is 12.5 Å². The van der Waals surface area contributed by atoms with Gasteiger partial charge in [-0.25, -0.2) is 0 Å². The highest BCUT2D eigenvalue weighted by Crippen LogP contribution is 2.52. The minimum absolute atomic E-state index is 0.567. The van der Waals surface area contributed by atoms with Gasteiger partial charge in [0, 0.05) is 12.7 Å². The second kappa shape index (κ2) is 2.72. The Hall–Kier alpha value is -0.0600. The zero-order chi connectivity index (χ0) is 8.77. The summed E-state index contributed by atoms with van der Waals surface area (Å²) in [4.78, 5) is 0. The van der Waals surface area contributed by atoms with Crippen molar-refractivity contribution in [2.75, 3.05) is 0 Å². The van der Waals surface area contributed by atoms with E-state index < -0.39 is 0 Å². The molecule has 0 N–H and O–H groups in total. The van der Waals surface area contributed by atoms with Gasteiger partial charge < -0.3 is 0 Å². The summed E-state index contributed by atoms with van der Waals surface area (Å²) >= 11 is 2.29. The maximum Gasteiger partial charge on any atom is 0.0623 e. The fourth-order valence-electron chi connectivity index (χ4n) is 1.55. The van der Waals surface area contributed by atoms with Crippen LogP contribution in [0.1, 0.15) is 20.3 Å². The molecule has 0 aliphatic heterocycles. The van der Waals surface area contributed by atoms with Crippen molar-refractivity contribution in [2.24, 2.45) is 11.3 Å². The lowest BCUT2D eigenvalue weighted by atomic mass is 10.1. The van der Waals surface area contributed by atoms with E-state index in [1.807, 2.05) is 6.20 Å². The molecule has 0 saturated heterocycles. The minimum atomic E-state index is 0.567. The second-order valence-electron chi connectivity index (χ2n) is 4.27. The van der Waals surface area contributed by atoms with Crippen molar-refractivity contribution in [3.05, 3.63) is 16.0 Å². The predicted molar refractivity (Wildman–Crippen MR) is 56.8 cm³/mol. The summed E-state index contributed by atoms with van der Waals surface area (Å²) in [6.07, 6.45) is 5.37. The Labute approximate surface area is 86.5 Å². The zero-order valence-corrected chi connectivity index (χ0v) is 9.58. The van der Waals surface area contributed by atoms with E-state index in [4.69, 9.17) is 0 Å². The van der Waals surface area contributed by atoms with Gasteiger partial charge in [-0.05, 0) is 40.3 Å². The molecule has 0 bridgehead atoms. The average molecular weight is 276 g/mol. The van der Waals surface area contributed by atoms with Crippen LogP contribution in [0.5, 0.6) is 0 Å². The summed E-state index contributed by atoms with van der Waals surface area (Å²) in [7, 11) is 0. The molecular formula is C9H13IN2. The van der Waals surface area contributed by atoms with Gasteiger partial charge in [0.1, 0.15) is 0 Å². The highest BCUT2D eigenvalue weighted by atomic mass is 127. The quantitative estimate of drug-likeness (QED) is 0.759. The third-order valence-electron chi connectivity index (χ3n) is 2.73. The van der Waals surface area contributed by atoms with Gasteiger partial charge in [-0.1, -0.05) is 13.8 Å². The van der Waals surface area contributed by atoms with E-state index in [1.165, 1.54) is 9.99 Å². The molecule has 1 aromatic heterocycles. The van der Waals surface area contributed by atoms with Gasteiger partial charge in [0.2, 0.25) is 0 Å². The molecule has 2 nitrogen and oxygen atoms in total. The van der Waals surface area contributed by atoms with Crippen molar-refractivity contribution < 1.29 is 0 Å². The van der Waals surface area contributed by atoms with Gasteiger partial charge >= 0.3 is 0 Å². The summed E-state index contributed by atoms with van der Waals surface area (Å²) in [5.41, 5.74) is 0.567. The van der Waals surface area contributed by atoms with Crippen LogP contribution in [0.4, 0.5) is 0 Å². The molecule has 1 unspecified atom stereocenters. The molecule has 2 rings (SSSR count). The molecule has 1 aliphatic carbocycles. The predicted octanol–water partition coefficient (Wildman–Crippen LogP) is 2.53. The third kappa shape index (κ3) is 1.65. The molecule has 0 radical (unpaired) electrons. The first-order chi connectivity index (χ1) is 5.58. The molecular weight excluding hydrogens is 263 g/mol. The van der Waals surface area contributed by atoms with Crippen molar-refractivity contribution in [3.8, 4) is 0 Å². The fourth-order valence-corrected chi connectivity index (χ4v) is 2.00. The standard InChI is InChI=1S/C9H13IN2/c1-9(2)3-7(9)5-12-6-8(10)4-11-12/h4,6-7H,3,5H2,1-2H3. The van der Waals surface area contributed by atoms with E-state index in [-0.39, 0.29) is 0 Å². The van der Waals surface area contributed by atoms with Gasteiger partial charge in [0.15, 0.2) is 0 Å². The van der Waals surface area contributed by atoms with Crippen LogP contribution in [0.15, 0.2) is 12.4 Å². The first-order valence-corrected chi connectivity index (χ1v) is 5.34. The molecule has 1 aliphatic rings. The highest BCUT2D eigenvalue weighted by Gasteiger charge is 2.45. The van der Waals surface area contributed by atoms with Gasteiger partial charge in [-0.2, -0.15) is 5.10 Å². The number of aromatic nitrogens is 2. The smallest absolute Gasteiger partial charge is 0.0623 e. The van der Waals surface area contributed by atoms with Crippen molar-refractivity contribution in [2.45, 2.75) is 26.8 Å². The molecule has 0 amide bonds. The molecule has 66 valence electrons. The first-order valence-electron chi connectivity index (χ1n) is 4.26. The maximum atomic E-state index is 4.27. The Morgan fingerprint density at radius 3 is 2.83 bits per heavy atom. The van der Waals surface area contributed by atoms with Crippen LogP contribution in [0.25, 0.3) is 0 Å². The van der Waals surface area contributed by atoms with Crippen LogP contribution in [-0.2, 0) is 6.54 Å². The molecule has 12 heavy (non-hydrogen) atoms. The Morgan fingerprint density at radius 1 is 1.75 bits per heavy atom. The molecule has 3 heteroatoms. The lowest BCUT2D eigenvalue weighted by Gasteiger charge is -2.02. The van der Waals surface area contributed by atoms with Crippen molar-refractivity contribution in [3.63, 3.8) is 0 Å². The van der Waals surface area contributed by atoms with Crippen LogP contribution >= 0.6 is 22.6 Å². The van der Waals surface area contributed by atoms with E-state index >= 15 is 0 Å². The summed E-state index contributed by atoms with van der Waals surface area (Å²) in [5, 5.41) is 4.27. The second-order valence-corrected chi connectivity index (χ2v) is 5.52. The molecule has 1 aromatic rings. The summed E-state index contributed by atoms with van der Waals surface area (Å²) in [6.45, 7) is 5.74. The number of nitrogens with zero attached hydrogens (tertiary/aromatic N) is 2.